The van der Waals surface area contributed by atoms with Crippen molar-refractivity contribution in [2.24, 2.45) is 0 Å². The molecule has 4 N–H and O–H groups in total. The van der Waals surface area contributed by atoms with Crippen molar-refractivity contribution < 1.29 is 32.6 Å². The zero-order valence-corrected chi connectivity index (χ0v) is 17.1. The third-order valence-electron chi connectivity index (χ3n) is 5.03. The van der Waals surface area contributed by atoms with Crippen LogP contribution in [-0.2, 0) is 11.3 Å². The van der Waals surface area contributed by atoms with E-state index in [0.717, 1.165) is 23.3 Å². The van der Waals surface area contributed by atoms with Crippen molar-refractivity contribution in [3.8, 4) is 5.75 Å². The molecule has 0 radical (unpaired) electrons. The summed E-state index contributed by atoms with van der Waals surface area (Å²) in [5.74, 6) is -1.91. The lowest BCUT2D eigenvalue weighted by atomic mass is 10.0. The summed E-state index contributed by atoms with van der Waals surface area (Å²) in [6.07, 6.45) is -2.41. The van der Waals surface area contributed by atoms with Gasteiger partial charge in [0.05, 0.1) is 7.11 Å². The zero-order valence-electron chi connectivity index (χ0n) is 17.1. The molecule has 0 aliphatic carbocycles. The minimum absolute atomic E-state index is 0.0346. The first-order chi connectivity index (χ1) is 15.2. The number of rotatable bonds is 4. The lowest BCUT2D eigenvalue weighted by Crippen LogP contribution is -2.24. The number of methoxy groups -OCH3 is 1. The summed E-state index contributed by atoms with van der Waals surface area (Å²) in [5, 5.41) is 16.0. The van der Waals surface area contributed by atoms with E-state index in [2.05, 4.69) is 39.9 Å². The number of H-pyrrole nitrogens is 1. The van der Waals surface area contributed by atoms with Crippen LogP contribution in [0.3, 0.4) is 0 Å². The second kappa shape index (κ2) is 9.73. The van der Waals surface area contributed by atoms with Crippen LogP contribution in [-0.4, -0.2) is 41.8 Å². The van der Waals surface area contributed by atoms with Gasteiger partial charge in [0, 0.05) is 30.9 Å². The van der Waals surface area contributed by atoms with Gasteiger partial charge in [-0.2, -0.15) is 13.2 Å². The van der Waals surface area contributed by atoms with E-state index >= 15 is 0 Å². The minimum Gasteiger partial charge on any atom is -0.496 e. The first-order valence-electron chi connectivity index (χ1n) is 9.75. The fourth-order valence-electron chi connectivity index (χ4n) is 3.48. The molecule has 170 valence electrons. The number of nitrogens with one attached hydrogen (secondary N) is 3. The number of amides is 1. The number of carboxylic acids is 1. The summed E-state index contributed by atoms with van der Waals surface area (Å²) in [6, 6.07) is 14.6. The third-order valence-corrected chi connectivity index (χ3v) is 5.03. The highest BCUT2D eigenvalue weighted by atomic mass is 19.4. The van der Waals surface area contributed by atoms with Crippen molar-refractivity contribution in [1.29, 1.82) is 0 Å². The van der Waals surface area contributed by atoms with Crippen LogP contribution in [0.1, 0.15) is 34.1 Å². The number of carbonyl (C=O) groups excluding carboxylic acids is 1. The molecule has 1 aliphatic rings. The summed E-state index contributed by atoms with van der Waals surface area (Å²) in [6.45, 7) is 1.34. The van der Waals surface area contributed by atoms with E-state index in [0.29, 0.717) is 18.8 Å². The van der Waals surface area contributed by atoms with Crippen LogP contribution in [0, 0.1) is 0 Å². The molecule has 0 bridgehead atoms. The predicted octanol–water partition coefficient (Wildman–Crippen LogP) is 3.77. The Hall–Kier alpha value is -3.53. The van der Waals surface area contributed by atoms with E-state index in [1.54, 1.807) is 7.11 Å². The summed E-state index contributed by atoms with van der Waals surface area (Å²) in [4.78, 5) is 24.0. The van der Waals surface area contributed by atoms with Crippen molar-refractivity contribution in [2.45, 2.75) is 25.2 Å². The van der Waals surface area contributed by atoms with Gasteiger partial charge in [0.25, 0.3) is 5.91 Å². The topological polar surface area (TPSA) is 103 Å². The first kappa shape index (κ1) is 23.1. The molecule has 1 atom stereocenters. The average Bonchev–Trinajstić information content (AvgIpc) is 3.19. The molecule has 0 saturated heterocycles. The summed E-state index contributed by atoms with van der Waals surface area (Å²) in [7, 11) is 1.70. The SMILES string of the molecule is COc1cc2ccccc2cc1CNC1CCNC(=O)c2[nH]ccc21.O=C(O)C(F)(F)F. The Labute approximate surface area is 181 Å². The molecule has 0 fully saturated rings. The standard InChI is InChI=1S/C20H21N3O2.C2HF3O2/c1-25-18-11-14-5-3-2-4-13(14)10-15(18)12-23-17-7-9-22-20(24)19-16(17)6-8-21-19;3-2(4,5)1(6)7/h2-6,8,10-11,17,21,23H,7,9,12H2,1H3,(H,22,24);(H,6,7). The van der Waals surface area contributed by atoms with E-state index in [1.165, 1.54) is 10.8 Å². The molecule has 1 aliphatic heterocycles. The Morgan fingerprint density at radius 3 is 2.50 bits per heavy atom. The maximum atomic E-state index is 12.0. The number of benzene rings is 2. The van der Waals surface area contributed by atoms with E-state index in [1.807, 2.05) is 24.4 Å². The lowest BCUT2D eigenvalue weighted by molar-refractivity contribution is -0.192. The largest absolute Gasteiger partial charge is 0.496 e. The van der Waals surface area contributed by atoms with Gasteiger partial charge in [0.1, 0.15) is 11.4 Å². The van der Waals surface area contributed by atoms with E-state index in [-0.39, 0.29) is 11.9 Å². The monoisotopic (exact) mass is 449 g/mol. The van der Waals surface area contributed by atoms with Crippen LogP contribution >= 0.6 is 0 Å². The molecule has 0 saturated carbocycles. The summed E-state index contributed by atoms with van der Waals surface area (Å²) in [5.41, 5.74) is 2.79. The summed E-state index contributed by atoms with van der Waals surface area (Å²) < 4.78 is 37.3. The van der Waals surface area contributed by atoms with Crippen LogP contribution < -0.4 is 15.4 Å². The number of hydrogen-bond donors (Lipinski definition) is 4. The molecule has 7 nitrogen and oxygen atoms in total. The number of aliphatic carboxylic acids is 1. The summed E-state index contributed by atoms with van der Waals surface area (Å²) >= 11 is 0. The van der Waals surface area contributed by atoms with Crippen LogP contribution in [0.2, 0.25) is 0 Å². The molecule has 4 rings (SSSR count). The molecule has 0 spiro atoms. The first-order valence-corrected chi connectivity index (χ1v) is 9.75. The van der Waals surface area contributed by atoms with Gasteiger partial charge < -0.3 is 25.5 Å². The number of aromatic nitrogens is 1. The number of fused-ring (bicyclic) bond motifs is 2. The Bertz CT molecular complexity index is 1110. The molecule has 1 aromatic heterocycles. The maximum absolute atomic E-state index is 12.0. The quantitative estimate of drug-likeness (QED) is 0.486. The van der Waals surface area contributed by atoms with Crippen molar-refractivity contribution in [2.75, 3.05) is 13.7 Å². The van der Waals surface area contributed by atoms with Crippen LogP contribution in [0.4, 0.5) is 13.2 Å². The normalized spacial score (nSPS) is 15.8. The van der Waals surface area contributed by atoms with Crippen molar-refractivity contribution >= 4 is 22.6 Å². The lowest BCUT2D eigenvalue weighted by Gasteiger charge is -2.18. The zero-order chi connectivity index (χ0) is 23.3. The van der Waals surface area contributed by atoms with Gasteiger partial charge in [-0.1, -0.05) is 24.3 Å². The molecule has 2 aromatic carbocycles. The van der Waals surface area contributed by atoms with Crippen molar-refractivity contribution in [1.82, 2.24) is 15.6 Å². The van der Waals surface area contributed by atoms with Gasteiger partial charge in [0.2, 0.25) is 0 Å². The number of carbonyl (C=O) groups is 2. The van der Waals surface area contributed by atoms with E-state index in [4.69, 9.17) is 14.6 Å². The number of alkyl halides is 3. The number of ether oxygens (including phenoxy) is 1. The molecule has 32 heavy (non-hydrogen) atoms. The van der Waals surface area contributed by atoms with E-state index in [9.17, 15) is 18.0 Å². The average molecular weight is 449 g/mol. The number of aromatic amines is 1. The van der Waals surface area contributed by atoms with Crippen molar-refractivity contribution in [3.63, 3.8) is 0 Å². The number of carboxylic acid groups (broad SMARTS) is 1. The van der Waals surface area contributed by atoms with Crippen LogP contribution in [0.5, 0.6) is 5.75 Å². The predicted molar refractivity (Wildman–Crippen MR) is 112 cm³/mol. The number of hydrogen-bond acceptors (Lipinski definition) is 4. The molecule has 3 aromatic rings. The van der Waals surface area contributed by atoms with Crippen LogP contribution in [0.15, 0.2) is 48.7 Å². The van der Waals surface area contributed by atoms with Gasteiger partial charge in [-0.05, 0) is 41.0 Å². The van der Waals surface area contributed by atoms with Crippen LogP contribution in [0.25, 0.3) is 10.8 Å². The highest BCUT2D eigenvalue weighted by Crippen LogP contribution is 2.28. The van der Waals surface area contributed by atoms with E-state index < -0.39 is 12.1 Å². The second-order valence-corrected chi connectivity index (χ2v) is 7.10. The maximum Gasteiger partial charge on any atom is 0.490 e. The Balaban J connectivity index is 0.000000360. The van der Waals surface area contributed by atoms with Crippen molar-refractivity contribution in [3.05, 3.63) is 65.5 Å². The Morgan fingerprint density at radius 1 is 1.22 bits per heavy atom. The smallest absolute Gasteiger partial charge is 0.490 e. The highest BCUT2D eigenvalue weighted by Gasteiger charge is 2.38. The molecule has 1 amide bonds. The number of halogens is 3. The van der Waals surface area contributed by atoms with Gasteiger partial charge >= 0.3 is 12.1 Å². The van der Waals surface area contributed by atoms with Gasteiger partial charge in [-0.25, -0.2) is 4.79 Å². The molecule has 2 heterocycles. The third kappa shape index (κ3) is 5.38. The fraction of sp³-hybridized carbons (Fsp3) is 0.273. The van der Waals surface area contributed by atoms with Gasteiger partial charge in [-0.15, -0.1) is 0 Å². The molecular weight excluding hydrogens is 427 g/mol. The van der Waals surface area contributed by atoms with Gasteiger partial charge in [-0.3, -0.25) is 4.79 Å². The Kier molecular flexibility index (Phi) is 7.04. The minimum atomic E-state index is -5.08. The fourth-order valence-corrected chi connectivity index (χ4v) is 3.48. The molecular formula is C22H22F3N3O4. The Morgan fingerprint density at radius 2 is 1.88 bits per heavy atom. The second-order valence-electron chi connectivity index (χ2n) is 7.10. The van der Waals surface area contributed by atoms with Gasteiger partial charge in [0.15, 0.2) is 0 Å². The molecule has 1 unspecified atom stereocenters. The molecule has 10 heteroatoms. The highest BCUT2D eigenvalue weighted by molar-refractivity contribution is 5.94.